The van der Waals surface area contributed by atoms with Crippen molar-refractivity contribution in [1.82, 2.24) is 9.80 Å². The molecule has 3 aromatic carbocycles. The standard InChI is InChI=1S/C30H26Cl2N2O2S/c1-2-33(30(36)22-10-8-21(9-11-22)20-6-4-3-5-7-20)19-28(35)34-16-14-27-25(15-17-37-27)29(34)24-13-12-23(31)18-26(24)32/h3-13,15,17-18,29H,2,14,16,19H2,1H3. The van der Waals surface area contributed by atoms with E-state index in [0.29, 0.717) is 28.7 Å². The number of hydrogen-bond donors (Lipinski definition) is 0. The van der Waals surface area contributed by atoms with Crippen molar-refractivity contribution < 1.29 is 9.59 Å². The van der Waals surface area contributed by atoms with Crippen LogP contribution in [0.1, 0.15) is 39.3 Å². The van der Waals surface area contributed by atoms with Crippen LogP contribution in [-0.2, 0) is 11.2 Å². The Labute approximate surface area is 231 Å². The Morgan fingerprint density at radius 3 is 2.38 bits per heavy atom. The maximum atomic E-state index is 13.7. The predicted molar refractivity (Wildman–Crippen MR) is 151 cm³/mol. The molecule has 2 amide bonds. The lowest BCUT2D eigenvalue weighted by molar-refractivity contribution is -0.134. The molecule has 0 aliphatic carbocycles. The van der Waals surface area contributed by atoms with Gasteiger partial charge in [0, 0.05) is 33.6 Å². The van der Waals surface area contributed by atoms with Crippen molar-refractivity contribution in [1.29, 1.82) is 0 Å². The summed E-state index contributed by atoms with van der Waals surface area (Å²) in [6, 6.07) is 24.7. The molecule has 0 bridgehead atoms. The lowest BCUT2D eigenvalue weighted by atomic mass is 9.93. The molecule has 0 fully saturated rings. The second-order valence-electron chi connectivity index (χ2n) is 8.97. The van der Waals surface area contributed by atoms with Crippen LogP contribution in [0.4, 0.5) is 0 Å². The molecule has 1 aromatic heterocycles. The molecule has 1 aliphatic heterocycles. The van der Waals surface area contributed by atoms with Crippen molar-refractivity contribution in [2.45, 2.75) is 19.4 Å². The number of halogens is 2. The molecule has 0 N–H and O–H groups in total. The normalized spacial score (nSPS) is 14.8. The third kappa shape index (κ3) is 5.30. The summed E-state index contributed by atoms with van der Waals surface area (Å²) in [5, 5.41) is 3.13. The van der Waals surface area contributed by atoms with Crippen LogP contribution in [0.15, 0.2) is 84.2 Å². The van der Waals surface area contributed by atoms with Crippen LogP contribution in [0.25, 0.3) is 11.1 Å². The first-order chi connectivity index (χ1) is 18.0. The van der Waals surface area contributed by atoms with Crippen molar-refractivity contribution in [3.63, 3.8) is 0 Å². The maximum absolute atomic E-state index is 13.7. The average Bonchev–Trinajstić information content (AvgIpc) is 3.41. The number of thiophene rings is 1. The summed E-state index contributed by atoms with van der Waals surface area (Å²) in [5.74, 6) is -0.270. The Hall–Kier alpha value is -3.12. The number of amides is 2. The number of likely N-dealkylation sites (N-methyl/N-ethyl adjacent to an activating group) is 1. The fourth-order valence-electron chi connectivity index (χ4n) is 4.84. The van der Waals surface area contributed by atoms with E-state index in [1.807, 2.05) is 72.5 Å². The fourth-order valence-corrected chi connectivity index (χ4v) is 6.26. The van der Waals surface area contributed by atoms with Gasteiger partial charge in [0.15, 0.2) is 0 Å². The van der Waals surface area contributed by atoms with Gasteiger partial charge >= 0.3 is 0 Å². The smallest absolute Gasteiger partial charge is 0.254 e. The first kappa shape index (κ1) is 25.5. The molecular formula is C30H26Cl2N2O2S. The van der Waals surface area contributed by atoms with E-state index in [1.165, 1.54) is 4.88 Å². The number of rotatable bonds is 6. The van der Waals surface area contributed by atoms with Gasteiger partial charge < -0.3 is 9.80 Å². The molecule has 2 heterocycles. The number of nitrogens with zero attached hydrogens (tertiary/aromatic N) is 2. The number of carbonyl (C=O) groups is 2. The van der Waals surface area contributed by atoms with Gasteiger partial charge in [0.05, 0.1) is 6.04 Å². The monoisotopic (exact) mass is 548 g/mol. The second-order valence-corrected chi connectivity index (χ2v) is 10.8. The zero-order valence-electron chi connectivity index (χ0n) is 20.4. The first-order valence-corrected chi connectivity index (χ1v) is 13.8. The highest BCUT2D eigenvalue weighted by Crippen LogP contribution is 2.41. The lowest BCUT2D eigenvalue weighted by Gasteiger charge is -2.38. The molecule has 4 nitrogen and oxygen atoms in total. The Morgan fingerprint density at radius 2 is 1.68 bits per heavy atom. The summed E-state index contributed by atoms with van der Waals surface area (Å²) in [5.41, 5.74) is 4.61. The molecule has 1 atom stereocenters. The largest absolute Gasteiger partial charge is 0.330 e. The zero-order chi connectivity index (χ0) is 25.9. The summed E-state index contributed by atoms with van der Waals surface area (Å²) in [4.78, 5) is 31.8. The van der Waals surface area contributed by atoms with E-state index in [2.05, 4.69) is 11.4 Å². The van der Waals surface area contributed by atoms with Gasteiger partial charge in [-0.2, -0.15) is 0 Å². The quantitative estimate of drug-likeness (QED) is 0.252. The Morgan fingerprint density at radius 1 is 0.946 bits per heavy atom. The maximum Gasteiger partial charge on any atom is 0.254 e. The number of fused-ring (bicyclic) bond motifs is 1. The SMILES string of the molecule is CCN(CC(=O)N1CCc2sccc2C1c1ccc(Cl)cc1Cl)C(=O)c1ccc(-c2ccccc2)cc1. The molecule has 4 aromatic rings. The molecule has 0 spiro atoms. The van der Waals surface area contributed by atoms with Crippen LogP contribution in [0.5, 0.6) is 0 Å². The zero-order valence-corrected chi connectivity index (χ0v) is 22.7. The van der Waals surface area contributed by atoms with E-state index >= 15 is 0 Å². The number of hydrogen-bond acceptors (Lipinski definition) is 3. The van der Waals surface area contributed by atoms with E-state index in [-0.39, 0.29) is 24.4 Å². The molecule has 37 heavy (non-hydrogen) atoms. The van der Waals surface area contributed by atoms with Crippen LogP contribution >= 0.6 is 34.5 Å². The molecule has 1 unspecified atom stereocenters. The van der Waals surface area contributed by atoms with Crippen molar-refractivity contribution in [3.05, 3.63) is 116 Å². The van der Waals surface area contributed by atoms with Crippen LogP contribution in [-0.4, -0.2) is 41.2 Å². The fraction of sp³-hybridized carbons (Fsp3) is 0.200. The summed E-state index contributed by atoms with van der Waals surface area (Å²) < 4.78 is 0. The minimum absolute atomic E-state index is 0.00303. The van der Waals surface area contributed by atoms with E-state index in [9.17, 15) is 9.59 Å². The predicted octanol–water partition coefficient (Wildman–Crippen LogP) is 7.36. The van der Waals surface area contributed by atoms with Crippen LogP contribution in [0.2, 0.25) is 10.0 Å². The van der Waals surface area contributed by atoms with Crippen LogP contribution in [0, 0.1) is 0 Å². The Kier molecular flexibility index (Phi) is 7.65. The van der Waals surface area contributed by atoms with Gasteiger partial charge in [0.2, 0.25) is 5.91 Å². The lowest BCUT2D eigenvalue weighted by Crippen LogP contribution is -2.46. The van der Waals surface area contributed by atoms with Gasteiger partial charge in [-0.05, 0) is 71.3 Å². The molecule has 188 valence electrons. The molecule has 0 saturated heterocycles. The topological polar surface area (TPSA) is 40.6 Å². The van der Waals surface area contributed by atoms with Gasteiger partial charge in [0.25, 0.3) is 5.91 Å². The summed E-state index contributed by atoms with van der Waals surface area (Å²) in [7, 11) is 0. The highest BCUT2D eigenvalue weighted by Gasteiger charge is 2.35. The minimum Gasteiger partial charge on any atom is -0.330 e. The second kappa shape index (κ2) is 11.1. The van der Waals surface area contributed by atoms with Crippen molar-refractivity contribution in [2.24, 2.45) is 0 Å². The molecule has 7 heteroatoms. The first-order valence-electron chi connectivity index (χ1n) is 12.2. The van der Waals surface area contributed by atoms with Crippen molar-refractivity contribution in [3.8, 4) is 11.1 Å². The van der Waals surface area contributed by atoms with Crippen LogP contribution in [0.3, 0.4) is 0 Å². The summed E-state index contributed by atoms with van der Waals surface area (Å²) in [6.45, 7) is 2.88. The average molecular weight is 550 g/mol. The van der Waals surface area contributed by atoms with E-state index in [0.717, 1.165) is 28.7 Å². The van der Waals surface area contributed by atoms with Gasteiger partial charge in [-0.3, -0.25) is 9.59 Å². The molecule has 0 radical (unpaired) electrons. The Bertz CT molecular complexity index is 1420. The Balaban J connectivity index is 1.37. The summed E-state index contributed by atoms with van der Waals surface area (Å²) >= 11 is 14.5. The molecular weight excluding hydrogens is 523 g/mol. The highest BCUT2D eigenvalue weighted by atomic mass is 35.5. The van der Waals surface area contributed by atoms with E-state index < -0.39 is 0 Å². The van der Waals surface area contributed by atoms with Gasteiger partial charge in [-0.25, -0.2) is 0 Å². The number of carbonyl (C=O) groups excluding carboxylic acids is 2. The minimum atomic E-state index is -0.314. The molecule has 5 rings (SSSR count). The highest BCUT2D eigenvalue weighted by molar-refractivity contribution is 7.10. The van der Waals surface area contributed by atoms with Crippen molar-refractivity contribution >= 4 is 46.4 Å². The molecule has 1 aliphatic rings. The third-order valence-electron chi connectivity index (χ3n) is 6.78. The number of benzene rings is 3. The van der Waals surface area contributed by atoms with Crippen molar-refractivity contribution in [2.75, 3.05) is 19.6 Å². The van der Waals surface area contributed by atoms with E-state index in [1.54, 1.807) is 28.4 Å². The summed E-state index contributed by atoms with van der Waals surface area (Å²) in [6.07, 6.45) is 0.779. The van der Waals surface area contributed by atoms with Gasteiger partial charge in [0.1, 0.15) is 6.54 Å². The van der Waals surface area contributed by atoms with Crippen LogP contribution < -0.4 is 0 Å². The molecule has 0 saturated carbocycles. The van der Waals surface area contributed by atoms with E-state index in [4.69, 9.17) is 23.2 Å². The van der Waals surface area contributed by atoms with Gasteiger partial charge in [-0.1, -0.05) is 71.7 Å². The van der Waals surface area contributed by atoms with Gasteiger partial charge in [-0.15, -0.1) is 11.3 Å². The third-order valence-corrected chi connectivity index (χ3v) is 8.34.